The summed E-state index contributed by atoms with van der Waals surface area (Å²) in [7, 11) is -11.4. The van der Waals surface area contributed by atoms with E-state index < -0.39 is 35.2 Å². The normalized spacial score (nSPS) is 12.9. The summed E-state index contributed by atoms with van der Waals surface area (Å²) in [5.74, 6) is 0. The molecule has 0 rings (SSSR count). The fourth-order valence-electron chi connectivity index (χ4n) is 4.28. The van der Waals surface area contributed by atoms with Crippen molar-refractivity contribution in [3.63, 3.8) is 0 Å². The van der Waals surface area contributed by atoms with Crippen LogP contribution in [0.15, 0.2) is 0 Å². The molecule has 256 valence electrons. The van der Waals surface area contributed by atoms with E-state index in [9.17, 15) is 0 Å². The lowest BCUT2D eigenvalue weighted by Crippen LogP contribution is -2.58. The molecular formula is C26H64O12Si4. The largest absolute Gasteiger partial charge is 0.505 e. The minimum absolute atomic E-state index is 0.449. The van der Waals surface area contributed by atoms with Crippen LogP contribution in [-0.4, -0.2) is 115 Å². The standard InChI is InChI=1S/2C13H32O6Si2/c2*1-7-14-20(15-8-2,16-9-3)13-21(17-10-4,18-11-5)19-12-6/h2*7-13H2,1-6H3. The molecule has 0 bridgehead atoms. The Labute approximate surface area is 261 Å². The first-order valence-electron chi connectivity index (χ1n) is 15.8. The van der Waals surface area contributed by atoms with Gasteiger partial charge >= 0.3 is 35.2 Å². The third-order valence-corrected chi connectivity index (χ3v) is 20.9. The van der Waals surface area contributed by atoms with Gasteiger partial charge in [-0.25, -0.2) is 0 Å². The summed E-state index contributed by atoms with van der Waals surface area (Å²) in [5.41, 5.74) is 0.899. The minimum Gasteiger partial charge on any atom is -0.374 e. The molecule has 0 saturated carbocycles. The summed E-state index contributed by atoms with van der Waals surface area (Å²) in [6, 6.07) is 0. The minimum atomic E-state index is -2.86. The first-order valence-corrected chi connectivity index (χ1v) is 23.5. The monoisotopic (exact) mass is 680 g/mol. The Morgan fingerprint density at radius 3 is 0.381 bits per heavy atom. The van der Waals surface area contributed by atoms with Gasteiger partial charge in [0, 0.05) is 79.3 Å². The van der Waals surface area contributed by atoms with Crippen LogP contribution in [-0.2, 0) is 53.1 Å². The van der Waals surface area contributed by atoms with E-state index in [0.717, 1.165) is 0 Å². The highest BCUT2D eigenvalue weighted by atomic mass is 28.5. The van der Waals surface area contributed by atoms with Crippen LogP contribution in [0.5, 0.6) is 0 Å². The van der Waals surface area contributed by atoms with Crippen LogP contribution in [0.4, 0.5) is 0 Å². The fourth-order valence-corrected chi connectivity index (χ4v) is 19.7. The van der Waals surface area contributed by atoms with Gasteiger partial charge in [-0.1, -0.05) is 0 Å². The lowest BCUT2D eigenvalue weighted by molar-refractivity contribution is 0.0456. The molecular weight excluding hydrogens is 617 g/mol. The zero-order valence-corrected chi connectivity index (χ0v) is 32.8. The zero-order valence-electron chi connectivity index (χ0n) is 28.8. The first kappa shape index (κ1) is 44.5. The van der Waals surface area contributed by atoms with Gasteiger partial charge in [-0.3, -0.25) is 0 Å². The second-order valence-corrected chi connectivity index (χ2v) is 20.0. The summed E-state index contributed by atoms with van der Waals surface area (Å²) in [5, 5.41) is 0. The Hall–Kier alpha value is 0.388. The first-order chi connectivity index (χ1) is 20.1. The molecule has 0 aliphatic rings. The molecule has 16 heteroatoms. The van der Waals surface area contributed by atoms with Gasteiger partial charge in [-0.05, 0) is 83.1 Å². The van der Waals surface area contributed by atoms with Crippen LogP contribution in [0, 0.1) is 0 Å². The lowest BCUT2D eigenvalue weighted by atomic mass is 10.9. The van der Waals surface area contributed by atoms with Gasteiger partial charge in [-0.2, -0.15) is 0 Å². The van der Waals surface area contributed by atoms with E-state index in [1.807, 2.05) is 83.1 Å². The van der Waals surface area contributed by atoms with Crippen molar-refractivity contribution in [2.45, 2.75) is 94.4 Å². The van der Waals surface area contributed by atoms with Crippen LogP contribution in [0.2, 0.25) is 11.3 Å². The van der Waals surface area contributed by atoms with Gasteiger partial charge in [0.15, 0.2) is 0 Å². The molecule has 0 aromatic rings. The van der Waals surface area contributed by atoms with Crippen molar-refractivity contribution >= 4 is 35.2 Å². The molecule has 0 fully saturated rings. The summed E-state index contributed by atoms with van der Waals surface area (Å²) < 4.78 is 70.7. The van der Waals surface area contributed by atoms with Crippen molar-refractivity contribution in [2.75, 3.05) is 79.3 Å². The SMILES string of the molecule is CCO[Si](C[Si](OCC)(OCC)OCC)(OCC)OCC.CCO[Si](C[Si](OCC)(OCC)OCC)(OCC)OCC. The molecule has 0 saturated heterocycles. The zero-order chi connectivity index (χ0) is 32.4. The maximum atomic E-state index is 5.89. The maximum absolute atomic E-state index is 5.89. The highest BCUT2D eigenvalue weighted by molar-refractivity contribution is 6.80. The third-order valence-electron chi connectivity index (χ3n) is 5.24. The molecule has 0 aliphatic heterocycles. The molecule has 0 spiro atoms. The average Bonchev–Trinajstić information content (AvgIpc) is 2.91. The summed E-state index contributed by atoms with van der Waals surface area (Å²) in [6.07, 6.45) is 0. The van der Waals surface area contributed by atoms with E-state index in [-0.39, 0.29) is 0 Å². The second kappa shape index (κ2) is 26.6. The molecule has 0 aromatic carbocycles. The van der Waals surface area contributed by atoms with Crippen molar-refractivity contribution in [1.29, 1.82) is 0 Å². The van der Waals surface area contributed by atoms with E-state index >= 15 is 0 Å². The van der Waals surface area contributed by atoms with Gasteiger partial charge < -0.3 is 53.1 Å². The lowest BCUT2D eigenvalue weighted by Gasteiger charge is -2.35. The topological polar surface area (TPSA) is 111 Å². The van der Waals surface area contributed by atoms with Gasteiger partial charge in [0.05, 0.1) is 11.3 Å². The highest BCUT2D eigenvalue weighted by Gasteiger charge is 2.57. The molecule has 0 aliphatic carbocycles. The Bertz CT molecular complexity index is 444. The van der Waals surface area contributed by atoms with E-state index in [2.05, 4.69) is 0 Å². The van der Waals surface area contributed by atoms with Gasteiger partial charge in [0.2, 0.25) is 0 Å². The Morgan fingerprint density at radius 2 is 0.310 bits per heavy atom. The van der Waals surface area contributed by atoms with Crippen molar-refractivity contribution in [3.8, 4) is 0 Å². The Balaban J connectivity index is 0. The Morgan fingerprint density at radius 1 is 0.214 bits per heavy atom. The molecule has 12 nitrogen and oxygen atoms in total. The smallest absolute Gasteiger partial charge is 0.374 e. The number of rotatable bonds is 28. The van der Waals surface area contributed by atoms with E-state index in [1.165, 1.54) is 0 Å². The molecule has 0 radical (unpaired) electrons. The fraction of sp³-hybridized carbons (Fsp3) is 1.00. The molecule has 0 heterocycles. The van der Waals surface area contributed by atoms with Crippen molar-refractivity contribution in [3.05, 3.63) is 0 Å². The van der Waals surface area contributed by atoms with Crippen LogP contribution in [0.1, 0.15) is 83.1 Å². The molecule has 0 N–H and O–H groups in total. The Kier molecular flexibility index (Phi) is 28.2. The summed E-state index contributed by atoms with van der Waals surface area (Å²) >= 11 is 0. The molecule has 42 heavy (non-hydrogen) atoms. The van der Waals surface area contributed by atoms with E-state index in [1.54, 1.807) is 0 Å². The predicted octanol–water partition coefficient (Wildman–Crippen LogP) is 5.24. The third kappa shape index (κ3) is 17.2. The van der Waals surface area contributed by atoms with Gasteiger partial charge in [0.25, 0.3) is 0 Å². The number of hydrogen-bond acceptors (Lipinski definition) is 12. The number of hydrogen-bond donors (Lipinski definition) is 0. The molecule has 0 amide bonds. The van der Waals surface area contributed by atoms with E-state index in [4.69, 9.17) is 53.1 Å². The summed E-state index contributed by atoms with van der Waals surface area (Å²) in [6.45, 7) is 29.6. The van der Waals surface area contributed by atoms with Crippen LogP contribution in [0.3, 0.4) is 0 Å². The van der Waals surface area contributed by atoms with Gasteiger partial charge in [-0.15, -0.1) is 0 Å². The molecule has 0 atom stereocenters. The van der Waals surface area contributed by atoms with Crippen LogP contribution >= 0.6 is 0 Å². The van der Waals surface area contributed by atoms with Crippen molar-refractivity contribution in [1.82, 2.24) is 0 Å². The van der Waals surface area contributed by atoms with Crippen LogP contribution < -0.4 is 0 Å². The van der Waals surface area contributed by atoms with Crippen molar-refractivity contribution < 1.29 is 53.1 Å². The van der Waals surface area contributed by atoms with Gasteiger partial charge in [0.1, 0.15) is 0 Å². The van der Waals surface area contributed by atoms with Crippen LogP contribution in [0.25, 0.3) is 0 Å². The second-order valence-electron chi connectivity index (χ2n) is 8.28. The quantitative estimate of drug-likeness (QED) is 0.101. The maximum Gasteiger partial charge on any atom is 0.505 e. The summed E-state index contributed by atoms with van der Waals surface area (Å²) in [4.78, 5) is 0. The average molecular weight is 681 g/mol. The van der Waals surface area contributed by atoms with E-state index in [0.29, 0.717) is 90.6 Å². The molecule has 0 aromatic heterocycles. The highest BCUT2D eigenvalue weighted by Crippen LogP contribution is 2.28. The molecule has 0 unspecified atom stereocenters. The predicted molar refractivity (Wildman–Crippen MR) is 172 cm³/mol. The van der Waals surface area contributed by atoms with Crippen molar-refractivity contribution in [2.24, 2.45) is 0 Å².